The van der Waals surface area contributed by atoms with Crippen LogP contribution >= 0.6 is 0 Å². The van der Waals surface area contributed by atoms with Gasteiger partial charge in [-0.3, -0.25) is 9.59 Å². The molecule has 1 amide bonds. The average molecular weight is 327 g/mol. The molecule has 0 aliphatic carbocycles. The van der Waals surface area contributed by atoms with Crippen LogP contribution in [0.4, 0.5) is 32.0 Å². The second-order valence-corrected chi connectivity index (χ2v) is 4.71. The minimum Gasteiger partial charge on any atom is -0.325 e. The van der Waals surface area contributed by atoms with Crippen molar-refractivity contribution in [2.45, 2.75) is 26.2 Å². The molecule has 0 saturated heterocycles. The fourth-order valence-electron chi connectivity index (χ4n) is 1.46. The van der Waals surface area contributed by atoms with Crippen LogP contribution in [0, 0.1) is 5.41 Å². The van der Waals surface area contributed by atoms with Gasteiger partial charge in [-0.2, -0.15) is 26.3 Å². The highest BCUT2D eigenvalue weighted by molar-refractivity contribution is 5.98. The lowest BCUT2D eigenvalue weighted by Crippen LogP contribution is -2.55. The standard InChI is InChI=1S/C13H11F6NO2/c1-7(21)8-3-5-9(6-4-8)20-10(22)11(2,12(14,15)16)13(17,18)19/h3-6H,1-2H3,(H,20,22). The number of ketones is 1. The van der Waals surface area contributed by atoms with Gasteiger partial charge in [-0.25, -0.2) is 0 Å². The van der Waals surface area contributed by atoms with Gasteiger partial charge < -0.3 is 5.32 Å². The number of hydrogen-bond donors (Lipinski definition) is 1. The third kappa shape index (κ3) is 3.23. The minimum absolute atomic E-state index is 0.201. The van der Waals surface area contributed by atoms with E-state index in [0.717, 1.165) is 12.1 Å². The van der Waals surface area contributed by atoms with Crippen LogP contribution in [0.5, 0.6) is 0 Å². The molecule has 1 rings (SSSR count). The Balaban J connectivity index is 3.10. The number of halogens is 6. The Kier molecular flexibility index (Phi) is 4.59. The van der Waals surface area contributed by atoms with Crippen LogP contribution in [0.15, 0.2) is 24.3 Å². The van der Waals surface area contributed by atoms with Crippen LogP contribution in [-0.2, 0) is 4.79 Å². The second kappa shape index (κ2) is 5.62. The Bertz CT molecular complexity index is 560. The lowest BCUT2D eigenvalue weighted by atomic mass is 9.87. The van der Waals surface area contributed by atoms with E-state index in [4.69, 9.17) is 0 Å². The Morgan fingerprint density at radius 1 is 0.909 bits per heavy atom. The van der Waals surface area contributed by atoms with E-state index in [-0.39, 0.29) is 24.0 Å². The molecular formula is C13H11F6NO2. The first-order valence-corrected chi connectivity index (χ1v) is 5.86. The van der Waals surface area contributed by atoms with E-state index >= 15 is 0 Å². The zero-order valence-electron chi connectivity index (χ0n) is 11.4. The highest BCUT2D eigenvalue weighted by Crippen LogP contribution is 2.50. The second-order valence-electron chi connectivity index (χ2n) is 4.71. The maximum atomic E-state index is 12.7. The summed E-state index contributed by atoms with van der Waals surface area (Å²) < 4.78 is 76.2. The van der Waals surface area contributed by atoms with Gasteiger partial charge >= 0.3 is 12.4 Å². The Labute approximate surface area is 121 Å². The molecule has 1 N–H and O–H groups in total. The van der Waals surface area contributed by atoms with E-state index in [1.807, 2.05) is 0 Å². The summed E-state index contributed by atoms with van der Waals surface area (Å²) in [7, 11) is 0. The maximum absolute atomic E-state index is 12.7. The normalized spacial score (nSPS) is 12.9. The molecule has 22 heavy (non-hydrogen) atoms. The van der Waals surface area contributed by atoms with Crippen molar-refractivity contribution < 1.29 is 35.9 Å². The fraction of sp³-hybridized carbons (Fsp3) is 0.385. The monoisotopic (exact) mass is 327 g/mol. The topological polar surface area (TPSA) is 46.2 Å². The van der Waals surface area contributed by atoms with Crippen LogP contribution in [0.2, 0.25) is 0 Å². The zero-order chi connectivity index (χ0) is 17.3. The Hall–Kier alpha value is -2.06. The minimum atomic E-state index is -5.81. The molecule has 0 aromatic heterocycles. The summed E-state index contributed by atoms with van der Waals surface area (Å²) in [5, 5.41) is 1.57. The first-order chi connectivity index (χ1) is 9.80. The van der Waals surface area contributed by atoms with Crippen molar-refractivity contribution >= 4 is 17.4 Å². The molecule has 1 aromatic carbocycles. The molecule has 0 saturated carbocycles. The van der Waals surface area contributed by atoms with Gasteiger partial charge in [0.1, 0.15) is 0 Å². The van der Waals surface area contributed by atoms with Gasteiger partial charge in [0.25, 0.3) is 0 Å². The molecule has 0 aliphatic rings. The number of anilines is 1. The fourth-order valence-corrected chi connectivity index (χ4v) is 1.46. The third-order valence-electron chi connectivity index (χ3n) is 3.14. The maximum Gasteiger partial charge on any atom is 0.411 e. The van der Waals surface area contributed by atoms with Gasteiger partial charge in [-0.1, -0.05) is 0 Å². The lowest BCUT2D eigenvalue weighted by Gasteiger charge is -2.32. The number of carbonyl (C=O) groups excluding carboxylic acids is 2. The first kappa shape index (κ1) is 18.0. The van der Waals surface area contributed by atoms with Gasteiger partial charge in [0.05, 0.1) is 0 Å². The average Bonchev–Trinajstić information content (AvgIpc) is 2.35. The van der Waals surface area contributed by atoms with Crippen molar-refractivity contribution in [3.05, 3.63) is 29.8 Å². The third-order valence-corrected chi connectivity index (χ3v) is 3.14. The van der Waals surface area contributed by atoms with Crippen molar-refractivity contribution in [3.63, 3.8) is 0 Å². The predicted molar refractivity (Wildman–Crippen MR) is 65.3 cm³/mol. The molecule has 0 radical (unpaired) electrons. The van der Waals surface area contributed by atoms with Gasteiger partial charge in [0.2, 0.25) is 11.3 Å². The molecule has 0 unspecified atom stereocenters. The number of carbonyl (C=O) groups is 2. The van der Waals surface area contributed by atoms with Crippen molar-refractivity contribution in [1.29, 1.82) is 0 Å². The van der Waals surface area contributed by atoms with Crippen LogP contribution in [0.1, 0.15) is 24.2 Å². The number of benzene rings is 1. The van der Waals surface area contributed by atoms with Crippen LogP contribution < -0.4 is 5.32 Å². The molecule has 0 bridgehead atoms. The summed E-state index contributed by atoms with van der Waals surface area (Å²) in [6, 6.07) is 4.44. The largest absolute Gasteiger partial charge is 0.411 e. The van der Waals surface area contributed by atoms with Gasteiger partial charge in [0, 0.05) is 11.3 Å². The van der Waals surface area contributed by atoms with Crippen LogP contribution in [0.25, 0.3) is 0 Å². The quantitative estimate of drug-likeness (QED) is 0.675. The number of rotatable bonds is 3. The van der Waals surface area contributed by atoms with E-state index in [0.29, 0.717) is 0 Å². The summed E-state index contributed by atoms with van der Waals surface area (Å²) in [5.41, 5.74) is -4.62. The smallest absolute Gasteiger partial charge is 0.325 e. The van der Waals surface area contributed by atoms with E-state index in [9.17, 15) is 35.9 Å². The summed E-state index contributed by atoms with van der Waals surface area (Å²) >= 11 is 0. The lowest BCUT2D eigenvalue weighted by molar-refractivity contribution is -0.317. The number of Topliss-reactive ketones (excluding diaryl/α,β-unsaturated/α-hetero) is 1. The van der Waals surface area contributed by atoms with E-state index in [1.54, 1.807) is 5.32 Å². The highest BCUT2D eigenvalue weighted by atomic mass is 19.4. The van der Waals surface area contributed by atoms with Gasteiger partial charge in [-0.05, 0) is 38.1 Å². The molecule has 0 aliphatic heterocycles. The first-order valence-electron chi connectivity index (χ1n) is 5.86. The molecule has 0 spiro atoms. The molecule has 1 aromatic rings. The Morgan fingerprint density at radius 3 is 1.64 bits per heavy atom. The number of amides is 1. The van der Waals surface area contributed by atoms with Crippen LogP contribution in [0.3, 0.4) is 0 Å². The van der Waals surface area contributed by atoms with Crippen molar-refractivity contribution in [3.8, 4) is 0 Å². The Morgan fingerprint density at radius 2 is 1.32 bits per heavy atom. The molecule has 3 nitrogen and oxygen atoms in total. The number of hydrogen-bond acceptors (Lipinski definition) is 2. The van der Waals surface area contributed by atoms with Crippen LogP contribution in [-0.4, -0.2) is 24.0 Å². The van der Waals surface area contributed by atoms with E-state index in [2.05, 4.69) is 0 Å². The highest BCUT2D eigenvalue weighted by Gasteiger charge is 2.72. The van der Waals surface area contributed by atoms with E-state index in [1.165, 1.54) is 19.1 Å². The molecular weight excluding hydrogens is 316 g/mol. The van der Waals surface area contributed by atoms with Crippen molar-refractivity contribution in [2.75, 3.05) is 5.32 Å². The SMILES string of the molecule is CC(=O)c1ccc(NC(=O)C(C)(C(F)(F)F)C(F)(F)F)cc1. The molecule has 0 atom stereocenters. The van der Waals surface area contributed by atoms with Crippen molar-refractivity contribution in [1.82, 2.24) is 0 Å². The molecule has 0 heterocycles. The van der Waals surface area contributed by atoms with E-state index < -0.39 is 23.7 Å². The van der Waals surface area contributed by atoms with Crippen molar-refractivity contribution in [2.24, 2.45) is 5.41 Å². The number of nitrogens with one attached hydrogen (secondary N) is 1. The van der Waals surface area contributed by atoms with Gasteiger partial charge in [-0.15, -0.1) is 0 Å². The molecule has 0 fully saturated rings. The summed E-state index contributed by atoms with van der Waals surface area (Å²) in [5.74, 6) is -2.59. The molecule has 9 heteroatoms. The predicted octanol–water partition coefficient (Wildman–Crippen LogP) is 3.96. The number of alkyl halides is 6. The molecule has 122 valence electrons. The zero-order valence-corrected chi connectivity index (χ0v) is 11.4. The summed E-state index contributed by atoms with van der Waals surface area (Å²) in [6.07, 6.45) is -11.6. The summed E-state index contributed by atoms with van der Waals surface area (Å²) in [4.78, 5) is 22.5. The van der Waals surface area contributed by atoms with Gasteiger partial charge in [0.15, 0.2) is 5.78 Å². The summed E-state index contributed by atoms with van der Waals surface area (Å²) in [6.45, 7) is 1.00.